The summed E-state index contributed by atoms with van der Waals surface area (Å²) < 4.78 is 26.5. The van der Waals surface area contributed by atoms with Gasteiger partial charge in [-0.1, -0.05) is 0 Å². The number of pyridine rings is 1. The van der Waals surface area contributed by atoms with Crippen LogP contribution in [0.25, 0.3) is 0 Å². The standard InChI is InChI=1S/C14H21N3O2S/c18-20(19,9-5-12-3-7-15-8-4-12)17-10-13-2-1-6-16-14(13)11-17/h3-4,7-8,13-14,16H,1-2,5-6,9-11H2/t13-,14+/m0/s1. The lowest BCUT2D eigenvalue weighted by molar-refractivity contribution is 0.339. The van der Waals surface area contributed by atoms with Crippen LogP contribution in [0.15, 0.2) is 24.5 Å². The lowest BCUT2D eigenvalue weighted by atomic mass is 9.94. The number of hydrogen-bond acceptors (Lipinski definition) is 4. The van der Waals surface area contributed by atoms with E-state index >= 15 is 0 Å². The summed E-state index contributed by atoms with van der Waals surface area (Å²) in [4.78, 5) is 3.95. The fraction of sp³-hybridized carbons (Fsp3) is 0.643. The van der Waals surface area contributed by atoms with Crippen LogP contribution in [-0.2, 0) is 16.4 Å². The summed E-state index contributed by atoms with van der Waals surface area (Å²) in [5.74, 6) is 0.690. The van der Waals surface area contributed by atoms with E-state index in [9.17, 15) is 8.42 Å². The van der Waals surface area contributed by atoms with Gasteiger partial charge in [-0.05, 0) is 49.4 Å². The second kappa shape index (κ2) is 5.79. The van der Waals surface area contributed by atoms with E-state index in [-0.39, 0.29) is 5.75 Å². The topological polar surface area (TPSA) is 62.3 Å². The molecule has 2 saturated heterocycles. The SMILES string of the molecule is O=S(=O)(CCc1ccncc1)N1C[C@@H]2CCCN[C@@H]2C1. The van der Waals surface area contributed by atoms with E-state index in [4.69, 9.17) is 0 Å². The van der Waals surface area contributed by atoms with Crippen LogP contribution in [0.5, 0.6) is 0 Å². The number of rotatable bonds is 4. The monoisotopic (exact) mass is 295 g/mol. The molecule has 1 N–H and O–H groups in total. The molecule has 0 spiro atoms. The molecule has 0 radical (unpaired) electrons. The predicted octanol–water partition coefficient (Wildman–Crippen LogP) is 0.638. The molecule has 20 heavy (non-hydrogen) atoms. The van der Waals surface area contributed by atoms with Crippen LogP contribution in [0.1, 0.15) is 18.4 Å². The summed E-state index contributed by atoms with van der Waals surface area (Å²) in [6, 6.07) is 4.11. The van der Waals surface area contributed by atoms with Crippen LogP contribution >= 0.6 is 0 Å². The molecular formula is C14H21N3O2S. The van der Waals surface area contributed by atoms with Gasteiger partial charge in [0.2, 0.25) is 10.0 Å². The Hall–Kier alpha value is -0.980. The zero-order valence-corrected chi connectivity index (χ0v) is 12.3. The summed E-state index contributed by atoms with van der Waals surface area (Å²) in [6.07, 6.45) is 6.27. The highest BCUT2D eigenvalue weighted by Gasteiger charge is 2.39. The van der Waals surface area contributed by atoms with Gasteiger partial charge < -0.3 is 5.32 Å². The number of aromatic nitrogens is 1. The summed E-state index contributed by atoms with van der Waals surface area (Å²) in [5, 5.41) is 3.44. The summed E-state index contributed by atoms with van der Waals surface area (Å²) in [7, 11) is -3.14. The third-order valence-electron chi connectivity index (χ3n) is 4.36. The van der Waals surface area contributed by atoms with Gasteiger partial charge in [-0.3, -0.25) is 4.98 Å². The molecule has 0 amide bonds. The third-order valence-corrected chi connectivity index (χ3v) is 6.16. The van der Waals surface area contributed by atoms with Gasteiger partial charge in [-0.25, -0.2) is 12.7 Å². The summed E-state index contributed by atoms with van der Waals surface area (Å²) in [5.41, 5.74) is 1.03. The Bertz CT molecular complexity index is 533. The third kappa shape index (κ3) is 3.02. The molecule has 0 aliphatic carbocycles. The van der Waals surface area contributed by atoms with Crippen molar-refractivity contribution in [2.75, 3.05) is 25.4 Å². The van der Waals surface area contributed by atoms with Crippen molar-refractivity contribution in [3.05, 3.63) is 30.1 Å². The van der Waals surface area contributed by atoms with Crippen molar-refractivity contribution in [2.24, 2.45) is 5.92 Å². The molecule has 1 aromatic heterocycles. The predicted molar refractivity (Wildman–Crippen MR) is 77.8 cm³/mol. The molecule has 3 heterocycles. The molecule has 1 aromatic rings. The maximum absolute atomic E-state index is 12.4. The maximum atomic E-state index is 12.4. The van der Waals surface area contributed by atoms with E-state index in [1.54, 1.807) is 16.7 Å². The number of piperidine rings is 1. The average molecular weight is 295 g/mol. The largest absolute Gasteiger partial charge is 0.312 e. The zero-order chi connectivity index (χ0) is 14.0. The molecule has 3 rings (SSSR count). The van der Waals surface area contributed by atoms with Crippen LogP contribution in [0.4, 0.5) is 0 Å². The molecule has 2 atom stereocenters. The first-order chi connectivity index (χ1) is 9.65. The first-order valence-electron chi connectivity index (χ1n) is 7.25. The number of aryl methyl sites for hydroxylation is 1. The van der Waals surface area contributed by atoms with Crippen LogP contribution in [0.3, 0.4) is 0 Å². The van der Waals surface area contributed by atoms with Gasteiger partial charge in [-0.15, -0.1) is 0 Å². The number of hydrogen-bond donors (Lipinski definition) is 1. The Morgan fingerprint density at radius 3 is 2.85 bits per heavy atom. The van der Waals surface area contributed by atoms with E-state index in [0.717, 1.165) is 24.9 Å². The van der Waals surface area contributed by atoms with Crippen molar-refractivity contribution in [2.45, 2.75) is 25.3 Å². The van der Waals surface area contributed by atoms with Gasteiger partial charge in [0.1, 0.15) is 0 Å². The van der Waals surface area contributed by atoms with Crippen molar-refractivity contribution in [3.8, 4) is 0 Å². The molecule has 5 nitrogen and oxygen atoms in total. The Kier molecular flexibility index (Phi) is 4.05. The van der Waals surface area contributed by atoms with Crippen molar-refractivity contribution in [1.29, 1.82) is 0 Å². The molecule has 6 heteroatoms. The molecule has 0 bridgehead atoms. The Labute approximate surface area is 120 Å². The van der Waals surface area contributed by atoms with Gasteiger partial charge >= 0.3 is 0 Å². The second-order valence-corrected chi connectivity index (χ2v) is 7.79. The first kappa shape index (κ1) is 14.0. The molecule has 0 aromatic carbocycles. The van der Waals surface area contributed by atoms with Gasteiger partial charge in [0, 0.05) is 31.5 Å². The Balaban J connectivity index is 1.61. The van der Waals surface area contributed by atoms with Gasteiger partial charge in [0.15, 0.2) is 0 Å². The van der Waals surface area contributed by atoms with Crippen LogP contribution in [0.2, 0.25) is 0 Å². The van der Waals surface area contributed by atoms with E-state index in [1.807, 2.05) is 12.1 Å². The summed E-state index contributed by atoms with van der Waals surface area (Å²) >= 11 is 0. The van der Waals surface area contributed by atoms with Crippen LogP contribution < -0.4 is 5.32 Å². The summed E-state index contributed by atoms with van der Waals surface area (Å²) in [6.45, 7) is 2.35. The highest BCUT2D eigenvalue weighted by molar-refractivity contribution is 7.89. The van der Waals surface area contributed by atoms with Crippen molar-refractivity contribution >= 4 is 10.0 Å². The normalized spacial score (nSPS) is 27.4. The smallest absolute Gasteiger partial charge is 0.214 e. The molecule has 2 fully saturated rings. The highest BCUT2D eigenvalue weighted by Crippen LogP contribution is 2.27. The second-order valence-electron chi connectivity index (χ2n) is 5.70. The molecule has 2 aliphatic heterocycles. The van der Waals surface area contributed by atoms with Crippen molar-refractivity contribution in [1.82, 2.24) is 14.6 Å². The molecule has 0 saturated carbocycles. The fourth-order valence-electron chi connectivity index (χ4n) is 3.16. The molecule has 110 valence electrons. The Morgan fingerprint density at radius 1 is 1.30 bits per heavy atom. The van der Waals surface area contributed by atoms with E-state index < -0.39 is 10.0 Å². The van der Waals surface area contributed by atoms with Gasteiger partial charge in [0.25, 0.3) is 0 Å². The number of sulfonamides is 1. The molecule has 2 aliphatic rings. The van der Waals surface area contributed by atoms with Gasteiger partial charge in [-0.2, -0.15) is 0 Å². The number of fused-ring (bicyclic) bond motifs is 1. The van der Waals surface area contributed by atoms with Crippen LogP contribution in [0, 0.1) is 5.92 Å². The minimum absolute atomic E-state index is 0.191. The first-order valence-corrected chi connectivity index (χ1v) is 8.86. The van der Waals surface area contributed by atoms with Crippen LogP contribution in [-0.4, -0.2) is 49.1 Å². The maximum Gasteiger partial charge on any atom is 0.214 e. The Morgan fingerprint density at radius 2 is 2.10 bits per heavy atom. The fourth-order valence-corrected chi connectivity index (χ4v) is 4.72. The van der Waals surface area contributed by atoms with Crippen molar-refractivity contribution in [3.63, 3.8) is 0 Å². The van der Waals surface area contributed by atoms with E-state index in [1.165, 1.54) is 0 Å². The number of nitrogens with one attached hydrogen (secondary N) is 1. The van der Waals surface area contributed by atoms with Crippen molar-refractivity contribution < 1.29 is 8.42 Å². The highest BCUT2D eigenvalue weighted by atomic mass is 32.2. The number of nitrogens with zero attached hydrogens (tertiary/aromatic N) is 2. The average Bonchev–Trinajstić information content (AvgIpc) is 2.91. The minimum Gasteiger partial charge on any atom is -0.312 e. The molecular weight excluding hydrogens is 274 g/mol. The lowest BCUT2D eigenvalue weighted by Crippen LogP contribution is -2.41. The lowest BCUT2D eigenvalue weighted by Gasteiger charge is -2.24. The zero-order valence-electron chi connectivity index (χ0n) is 11.5. The van der Waals surface area contributed by atoms with E-state index in [2.05, 4.69) is 10.3 Å². The minimum atomic E-state index is -3.14. The quantitative estimate of drug-likeness (QED) is 0.885. The van der Waals surface area contributed by atoms with E-state index in [0.29, 0.717) is 31.5 Å². The van der Waals surface area contributed by atoms with Gasteiger partial charge in [0.05, 0.1) is 5.75 Å². The molecule has 0 unspecified atom stereocenters.